The quantitative estimate of drug-likeness (QED) is 0.496. The average molecular weight is 311 g/mol. The number of imidazole rings is 1. The molecule has 1 atom stereocenters. The number of urea groups is 1. The van der Waals surface area contributed by atoms with Gasteiger partial charge in [-0.25, -0.2) is 9.78 Å². The third-order valence-corrected chi connectivity index (χ3v) is 3.95. The number of aromatic nitrogens is 2. The van der Waals surface area contributed by atoms with E-state index >= 15 is 0 Å². The van der Waals surface area contributed by atoms with Crippen molar-refractivity contribution in [1.29, 1.82) is 0 Å². The Morgan fingerprint density at radius 2 is 2.29 bits per heavy atom. The van der Waals surface area contributed by atoms with Crippen LogP contribution in [0.25, 0.3) is 0 Å². The fourth-order valence-corrected chi connectivity index (χ4v) is 2.54. The Balaban J connectivity index is 1.76. The number of thioether (sulfide) groups is 1. The first-order valence-corrected chi connectivity index (χ1v) is 7.66. The zero-order valence-electron chi connectivity index (χ0n) is 11.8. The number of imide groups is 1. The third-order valence-electron chi connectivity index (χ3n) is 3.21. The van der Waals surface area contributed by atoms with Crippen molar-refractivity contribution in [3.8, 4) is 0 Å². The molecule has 0 unspecified atom stereocenters. The second-order valence-corrected chi connectivity index (χ2v) is 5.40. The van der Waals surface area contributed by atoms with E-state index in [0.717, 1.165) is 10.9 Å². The summed E-state index contributed by atoms with van der Waals surface area (Å²) in [6.07, 6.45) is 4.11. The zero-order chi connectivity index (χ0) is 15.4. The molecule has 0 bridgehead atoms. The predicted octanol–water partition coefficient (Wildman–Crippen LogP) is -0.254. The van der Waals surface area contributed by atoms with Gasteiger partial charge in [0.1, 0.15) is 6.04 Å². The lowest BCUT2D eigenvalue weighted by molar-refractivity contribution is -0.122. The van der Waals surface area contributed by atoms with Crippen LogP contribution in [-0.4, -0.2) is 39.7 Å². The largest absolute Gasteiger partial charge is 0.350 e. The Labute approximate surface area is 126 Å². The van der Waals surface area contributed by atoms with Crippen LogP contribution in [-0.2, 0) is 23.2 Å². The molecule has 114 valence electrons. The molecule has 1 aliphatic heterocycles. The van der Waals surface area contributed by atoms with E-state index in [1.54, 1.807) is 6.20 Å². The van der Waals surface area contributed by atoms with Crippen LogP contribution in [0.3, 0.4) is 0 Å². The van der Waals surface area contributed by atoms with E-state index in [1.165, 1.54) is 11.8 Å². The first-order valence-electron chi connectivity index (χ1n) is 6.44. The molecule has 1 aromatic heterocycles. The van der Waals surface area contributed by atoms with E-state index < -0.39 is 12.1 Å². The van der Waals surface area contributed by atoms with Crippen molar-refractivity contribution in [3.63, 3.8) is 0 Å². The summed E-state index contributed by atoms with van der Waals surface area (Å²) in [7, 11) is 1.89. The summed E-state index contributed by atoms with van der Waals surface area (Å²) in [6.45, 7) is 0.381. The first-order chi connectivity index (χ1) is 10.0. The highest BCUT2D eigenvalue weighted by Crippen LogP contribution is 2.13. The summed E-state index contributed by atoms with van der Waals surface area (Å²) in [6, 6.07) is -1.13. The molecule has 2 rings (SSSR count). The fourth-order valence-electron chi connectivity index (χ4n) is 1.99. The summed E-state index contributed by atoms with van der Waals surface area (Å²) < 4.78 is 1.91. The molecule has 0 saturated carbocycles. The van der Waals surface area contributed by atoms with Crippen LogP contribution in [0, 0.1) is 0 Å². The minimum atomic E-state index is -0.622. The maximum atomic E-state index is 11.8. The Morgan fingerprint density at radius 3 is 2.86 bits per heavy atom. The Hall–Kier alpha value is -2.03. The third kappa shape index (κ3) is 3.75. The summed E-state index contributed by atoms with van der Waals surface area (Å²) >= 11 is 1.53. The SMILES string of the molecule is CSc1ncc(CNC(=O)CC[C@H]2NC(=O)NC2=O)n1C. The Kier molecular flexibility index (Phi) is 4.84. The zero-order valence-corrected chi connectivity index (χ0v) is 12.6. The van der Waals surface area contributed by atoms with Gasteiger partial charge in [0.2, 0.25) is 5.91 Å². The van der Waals surface area contributed by atoms with Crippen LogP contribution in [0.4, 0.5) is 4.79 Å². The van der Waals surface area contributed by atoms with E-state index in [2.05, 4.69) is 20.9 Å². The molecule has 0 aromatic carbocycles. The summed E-state index contributed by atoms with van der Waals surface area (Å²) in [5.74, 6) is -0.556. The molecule has 8 nitrogen and oxygen atoms in total. The van der Waals surface area contributed by atoms with Gasteiger partial charge in [0, 0.05) is 13.5 Å². The van der Waals surface area contributed by atoms with E-state index in [-0.39, 0.29) is 24.7 Å². The lowest BCUT2D eigenvalue weighted by Gasteiger charge is -2.08. The van der Waals surface area contributed by atoms with Gasteiger partial charge in [-0.1, -0.05) is 11.8 Å². The van der Waals surface area contributed by atoms with Gasteiger partial charge < -0.3 is 15.2 Å². The van der Waals surface area contributed by atoms with Crippen LogP contribution in [0.1, 0.15) is 18.5 Å². The van der Waals surface area contributed by atoms with Crippen LogP contribution in [0.2, 0.25) is 0 Å². The lowest BCUT2D eigenvalue weighted by atomic mass is 10.1. The summed E-state index contributed by atoms with van der Waals surface area (Å²) in [4.78, 5) is 38.2. The highest BCUT2D eigenvalue weighted by atomic mass is 32.2. The van der Waals surface area contributed by atoms with Crippen molar-refractivity contribution in [2.24, 2.45) is 7.05 Å². The van der Waals surface area contributed by atoms with Crippen molar-refractivity contribution in [2.45, 2.75) is 30.6 Å². The van der Waals surface area contributed by atoms with Crippen molar-refractivity contribution < 1.29 is 14.4 Å². The molecule has 1 saturated heterocycles. The van der Waals surface area contributed by atoms with Crippen molar-refractivity contribution >= 4 is 29.6 Å². The number of nitrogens with zero attached hydrogens (tertiary/aromatic N) is 2. The number of amides is 4. The summed E-state index contributed by atoms with van der Waals surface area (Å²) in [5, 5.41) is 8.24. The molecule has 0 radical (unpaired) electrons. The average Bonchev–Trinajstić information content (AvgIpc) is 2.96. The van der Waals surface area contributed by atoms with E-state index in [4.69, 9.17) is 0 Å². The van der Waals surface area contributed by atoms with Gasteiger partial charge in [-0.15, -0.1) is 0 Å². The van der Waals surface area contributed by atoms with Crippen molar-refractivity contribution in [3.05, 3.63) is 11.9 Å². The maximum absolute atomic E-state index is 11.8. The molecule has 21 heavy (non-hydrogen) atoms. The molecule has 1 aliphatic rings. The van der Waals surface area contributed by atoms with Crippen LogP contribution in [0.15, 0.2) is 11.4 Å². The maximum Gasteiger partial charge on any atom is 0.322 e. The Morgan fingerprint density at radius 1 is 1.52 bits per heavy atom. The fraction of sp³-hybridized carbons (Fsp3) is 0.500. The Bertz CT molecular complexity index is 571. The van der Waals surface area contributed by atoms with Crippen LogP contribution < -0.4 is 16.0 Å². The molecule has 2 heterocycles. The molecular weight excluding hydrogens is 294 g/mol. The van der Waals surface area contributed by atoms with Gasteiger partial charge in [-0.3, -0.25) is 14.9 Å². The normalized spacial score (nSPS) is 17.5. The second kappa shape index (κ2) is 6.61. The minimum absolute atomic E-state index is 0.171. The van der Waals surface area contributed by atoms with Crippen LogP contribution >= 0.6 is 11.8 Å². The minimum Gasteiger partial charge on any atom is -0.350 e. The van der Waals surface area contributed by atoms with E-state index in [0.29, 0.717) is 6.54 Å². The molecule has 9 heteroatoms. The first kappa shape index (κ1) is 15.4. The van der Waals surface area contributed by atoms with Crippen LogP contribution in [0.5, 0.6) is 0 Å². The second-order valence-electron chi connectivity index (χ2n) is 4.63. The van der Waals surface area contributed by atoms with Gasteiger partial charge in [-0.05, 0) is 12.7 Å². The monoisotopic (exact) mass is 311 g/mol. The van der Waals surface area contributed by atoms with Gasteiger partial charge in [0.25, 0.3) is 5.91 Å². The number of carbonyl (C=O) groups is 3. The molecule has 1 fully saturated rings. The van der Waals surface area contributed by atoms with Gasteiger partial charge in [-0.2, -0.15) is 0 Å². The highest BCUT2D eigenvalue weighted by Gasteiger charge is 2.29. The topological polar surface area (TPSA) is 105 Å². The van der Waals surface area contributed by atoms with Crippen molar-refractivity contribution in [1.82, 2.24) is 25.5 Å². The molecule has 4 amide bonds. The predicted molar refractivity (Wildman–Crippen MR) is 76.5 cm³/mol. The number of hydrogen-bond donors (Lipinski definition) is 3. The number of hydrogen-bond acceptors (Lipinski definition) is 5. The molecule has 1 aromatic rings. The van der Waals surface area contributed by atoms with Gasteiger partial charge >= 0.3 is 6.03 Å². The number of rotatable bonds is 6. The molecule has 3 N–H and O–H groups in total. The number of carbonyl (C=O) groups excluding carboxylic acids is 3. The van der Waals surface area contributed by atoms with Gasteiger partial charge in [0.05, 0.1) is 18.4 Å². The number of nitrogens with one attached hydrogen (secondary N) is 3. The smallest absolute Gasteiger partial charge is 0.322 e. The standard InChI is InChI=1S/C12H17N5O3S/c1-17-7(6-14-12(17)21-2)5-13-9(18)4-3-8-10(19)16-11(20)15-8/h6,8H,3-5H2,1-2H3,(H,13,18)(H2,15,16,19,20)/t8-/m1/s1. The molecule has 0 aliphatic carbocycles. The highest BCUT2D eigenvalue weighted by molar-refractivity contribution is 7.98. The van der Waals surface area contributed by atoms with Gasteiger partial charge in [0.15, 0.2) is 5.16 Å². The lowest BCUT2D eigenvalue weighted by Crippen LogP contribution is -2.31. The van der Waals surface area contributed by atoms with E-state index in [9.17, 15) is 14.4 Å². The summed E-state index contributed by atoms with van der Waals surface area (Å²) in [5.41, 5.74) is 0.902. The molecule has 0 spiro atoms. The molecular formula is C12H17N5O3S. The van der Waals surface area contributed by atoms with E-state index in [1.807, 2.05) is 17.9 Å². The van der Waals surface area contributed by atoms with Crippen molar-refractivity contribution in [2.75, 3.05) is 6.26 Å².